The maximum Gasteiger partial charge on any atom is 0.339 e. The second-order valence-corrected chi connectivity index (χ2v) is 2.83. The highest BCUT2D eigenvalue weighted by molar-refractivity contribution is 5.91. The quantitative estimate of drug-likeness (QED) is 0.761. The third-order valence-corrected chi connectivity index (χ3v) is 1.84. The molecule has 0 heterocycles. The molecule has 1 aromatic carbocycles. The van der Waals surface area contributed by atoms with Crippen molar-refractivity contribution in [2.24, 2.45) is 0 Å². The molecule has 1 N–H and O–H groups in total. The third-order valence-electron chi connectivity index (χ3n) is 1.84. The van der Waals surface area contributed by atoms with Gasteiger partial charge in [-0.3, -0.25) is 0 Å². The van der Waals surface area contributed by atoms with Crippen LogP contribution in [0.25, 0.3) is 0 Å². The topological polar surface area (TPSA) is 70.3 Å². The molecule has 0 unspecified atom stereocenters. The van der Waals surface area contributed by atoms with Gasteiger partial charge in [-0.15, -0.1) is 0 Å². The number of methoxy groups -OCH3 is 1. The van der Waals surface area contributed by atoms with Gasteiger partial charge in [0, 0.05) is 0 Å². The van der Waals surface area contributed by atoms with Crippen molar-refractivity contribution in [2.45, 2.75) is 6.42 Å². The van der Waals surface area contributed by atoms with Gasteiger partial charge in [-0.05, 0) is 12.1 Å². The second-order valence-electron chi connectivity index (χ2n) is 2.83. The van der Waals surface area contributed by atoms with Crippen molar-refractivity contribution in [1.82, 2.24) is 0 Å². The molecule has 0 spiro atoms. The number of rotatable bonds is 2. The number of carboxylic acid groups (broad SMARTS) is 1. The monoisotopic (exact) mass is 215 g/mol. The van der Waals surface area contributed by atoms with Crippen LogP contribution in [0.15, 0.2) is 18.2 Å². The van der Waals surface area contributed by atoms with E-state index in [4.69, 9.17) is 15.1 Å². The summed E-state index contributed by atoms with van der Waals surface area (Å²) in [5.41, 5.74) is 0.531. The number of nitrogens with zero attached hydrogens (tertiary/aromatic N) is 1. The molecule has 0 saturated carbocycles. The van der Waals surface area contributed by atoms with Gasteiger partial charge in [-0.25, -0.2) is 4.79 Å². The summed E-state index contributed by atoms with van der Waals surface area (Å²) in [6.45, 7) is 0. The number of ether oxygens (including phenoxy) is 1. The molecule has 0 aliphatic heterocycles. The molecule has 1 aromatic rings. The van der Waals surface area contributed by atoms with E-state index in [0.29, 0.717) is 5.56 Å². The smallest absolute Gasteiger partial charge is 0.339 e. The van der Waals surface area contributed by atoms with Crippen LogP contribution in [-0.2, 0) is 0 Å². The first kappa shape index (κ1) is 11.6. The van der Waals surface area contributed by atoms with Crippen LogP contribution < -0.4 is 4.74 Å². The predicted molar refractivity (Wildman–Crippen MR) is 57.1 cm³/mol. The Labute approximate surface area is 93.1 Å². The zero-order valence-corrected chi connectivity index (χ0v) is 8.65. The molecule has 0 atom stereocenters. The van der Waals surface area contributed by atoms with Crippen molar-refractivity contribution in [3.63, 3.8) is 0 Å². The number of para-hydroxylation sites is 1. The summed E-state index contributed by atoms with van der Waals surface area (Å²) in [6, 6.07) is 6.56. The highest BCUT2D eigenvalue weighted by Crippen LogP contribution is 2.22. The molecule has 0 aliphatic carbocycles. The van der Waals surface area contributed by atoms with E-state index < -0.39 is 5.97 Å². The number of carbonyl (C=O) groups is 1. The molecule has 0 bridgehead atoms. The van der Waals surface area contributed by atoms with E-state index >= 15 is 0 Å². The largest absolute Gasteiger partial charge is 0.495 e. The van der Waals surface area contributed by atoms with Crippen LogP contribution in [0.1, 0.15) is 22.3 Å². The summed E-state index contributed by atoms with van der Waals surface area (Å²) in [5.74, 6) is 4.46. The fraction of sp³-hybridized carbons (Fsp3) is 0.167. The number of carboxylic acids is 1. The van der Waals surface area contributed by atoms with Crippen molar-refractivity contribution in [2.75, 3.05) is 7.11 Å². The van der Waals surface area contributed by atoms with Gasteiger partial charge in [0.25, 0.3) is 0 Å². The zero-order valence-electron chi connectivity index (χ0n) is 8.65. The molecule has 0 radical (unpaired) electrons. The van der Waals surface area contributed by atoms with Crippen LogP contribution in [-0.4, -0.2) is 18.2 Å². The molecule has 16 heavy (non-hydrogen) atoms. The fourth-order valence-corrected chi connectivity index (χ4v) is 1.20. The number of nitriles is 1. The first-order valence-electron chi connectivity index (χ1n) is 4.46. The van der Waals surface area contributed by atoms with E-state index in [1.807, 2.05) is 6.07 Å². The van der Waals surface area contributed by atoms with Crippen molar-refractivity contribution >= 4 is 5.97 Å². The van der Waals surface area contributed by atoms with Crippen LogP contribution >= 0.6 is 0 Å². The minimum Gasteiger partial charge on any atom is -0.495 e. The van der Waals surface area contributed by atoms with Gasteiger partial charge in [0.15, 0.2) is 0 Å². The molecule has 0 fully saturated rings. The summed E-state index contributed by atoms with van der Waals surface area (Å²) < 4.78 is 5.00. The Kier molecular flexibility index (Phi) is 3.94. The van der Waals surface area contributed by atoms with Gasteiger partial charge >= 0.3 is 5.97 Å². The number of aromatic carboxylic acids is 1. The van der Waals surface area contributed by atoms with Crippen molar-refractivity contribution < 1.29 is 14.6 Å². The molecular weight excluding hydrogens is 206 g/mol. The standard InChI is InChI=1S/C12H9NO3/c1-16-11-9(5-2-3-8-13)6-4-7-10(11)12(14)15/h4,6-7H,3H2,1H3,(H,14,15). The normalized spacial score (nSPS) is 8.50. The van der Waals surface area contributed by atoms with Crippen LogP contribution in [0.2, 0.25) is 0 Å². The maximum atomic E-state index is 10.9. The van der Waals surface area contributed by atoms with Crippen molar-refractivity contribution in [3.05, 3.63) is 29.3 Å². The van der Waals surface area contributed by atoms with Gasteiger partial charge in [-0.1, -0.05) is 17.9 Å². The third kappa shape index (κ3) is 2.52. The van der Waals surface area contributed by atoms with Gasteiger partial charge in [0.1, 0.15) is 11.3 Å². The van der Waals surface area contributed by atoms with E-state index in [1.165, 1.54) is 13.2 Å². The molecule has 0 aliphatic rings. The molecular formula is C12H9NO3. The van der Waals surface area contributed by atoms with E-state index in [2.05, 4.69) is 11.8 Å². The summed E-state index contributed by atoms with van der Waals surface area (Å²) in [7, 11) is 1.39. The summed E-state index contributed by atoms with van der Waals surface area (Å²) in [6.07, 6.45) is 0.0977. The van der Waals surface area contributed by atoms with Gasteiger partial charge in [-0.2, -0.15) is 5.26 Å². The van der Waals surface area contributed by atoms with E-state index in [0.717, 1.165) is 0 Å². The lowest BCUT2D eigenvalue weighted by molar-refractivity contribution is 0.0693. The minimum atomic E-state index is -1.07. The average Bonchev–Trinajstić information content (AvgIpc) is 2.29. The second kappa shape index (κ2) is 5.43. The first-order chi connectivity index (χ1) is 7.70. The Morgan fingerprint density at radius 3 is 2.88 bits per heavy atom. The van der Waals surface area contributed by atoms with E-state index in [1.54, 1.807) is 12.1 Å². The number of benzene rings is 1. The highest BCUT2D eigenvalue weighted by Gasteiger charge is 2.12. The van der Waals surface area contributed by atoms with Crippen LogP contribution in [0, 0.1) is 23.2 Å². The molecule has 0 saturated heterocycles. The average molecular weight is 215 g/mol. The first-order valence-corrected chi connectivity index (χ1v) is 4.46. The maximum absolute atomic E-state index is 10.9. The zero-order chi connectivity index (χ0) is 12.0. The molecule has 80 valence electrons. The Balaban J connectivity index is 3.22. The van der Waals surface area contributed by atoms with Crippen LogP contribution in [0.5, 0.6) is 5.75 Å². The summed E-state index contributed by atoms with van der Waals surface area (Å²) in [4.78, 5) is 10.9. The SMILES string of the molecule is COc1c(C#CCC#N)cccc1C(=O)O. The molecule has 0 aromatic heterocycles. The Morgan fingerprint density at radius 2 is 2.31 bits per heavy atom. The minimum absolute atomic E-state index is 0.0613. The number of hydrogen-bond acceptors (Lipinski definition) is 3. The molecule has 4 heteroatoms. The van der Waals surface area contributed by atoms with E-state index in [9.17, 15) is 4.79 Å². The van der Waals surface area contributed by atoms with Crippen LogP contribution in [0.4, 0.5) is 0 Å². The Morgan fingerprint density at radius 1 is 1.56 bits per heavy atom. The lowest BCUT2D eigenvalue weighted by atomic mass is 10.1. The van der Waals surface area contributed by atoms with Gasteiger partial charge in [0.05, 0.1) is 25.2 Å². The Bertz CT molecular complexity index is 503. The van der Waals surface area contributed by atoms with Crippen molar-refractivity contribution in [1.29, 1.82) is 5.26 Å². The summed E-state index contributed by atoms with van der Waals surface area (Å²) in [5, 5.41) is 17.2. The highest BCUT2D eigenvalue weighted by atomic mass is 16.5. The summed E-state index contributed by atoms with van der Waals surface area (Å²) >= 11 is 0. The fourth-order valence-electron chi connectivity index (χ4n) is 1.20. The van der Waals surface area contributed by atoms with Crippen LogP contribution in [0.3, 0.4) is 0 Å². The Hall–Kier alpha value is -2.46. The number of hydrogen-bond donors (Lipinski definition) is 1. The molecule has 0 amide bonds. The van der Waals surface area contributed by atoms with E-state index in [-0.39, 0.29) is 17.7 Å². The predicted octanol–water partition coefficient (Wildman–Crippen LogP) is 1.66. The molecule has 4 nitrogen and oxygen atoms in total. The van der Waals surface area contributed by atoms with Crippen molar-refractivity contribution in [3.8, 4) is 23.7 Å². The van der Waals surface area contributed by atoms with Gasteiger partial charge in [0.2, 0.25) is 0 Å². The lowest BCUT2D eigenvalue weighted by Crippen LogP contribution is -2.01. The van der Waals surface area contributed by atoms with Gasteiger partial charge < -0.3 is 9.84 Å². The lowest BCUT2D eigenvalue weighted by Gasteiger charge is -2.06. The molecule has 1 rings (SSSR count).